The van der Waals surface area contributed by atoms with Crippen LogP contribution < -0.4 is 10.6 Å². The van der Waals surface area contributed by atoms with Crippen LogP contribution in [0.4, 0.5) is 5.69 Å². The van der Waals surface area contributed by atoms with Gasteiger partial charge in [0.25, 0.3) is 0 Å². The van der Waals surface area contributed by atoms with Gasteiger partial charge in [0, 0.05) is 31.9 Å². The molecule has 6 nitrogen and oxygen atoms in total. The number of nitrogens with zero attached hydrogens (tertiary/aromatic N) is 1. The van der Waals surface area contributed by atoms with E-state index in [0.29, 0.717) is 13.2 Å². The molecule has 1 aromatic rings. The molecule has 26 heavy (non-hydrogen) atoms. The summed E-state index contributed by atoms with van der Waals surface area (Å²) in [5.41, 5.74) is 2.11. The summed E-state index contributed by atoms with van der Waals surface area (Å²) in [5.74, 6) is -0.0386. The highest BCUT2D eigenvalue weighted by molar-refractivity contribution is 5.95. The summed E-state index contributed by atoms with van der Waals surface area (Å²) in [5, 5.41) is 6.17. The maximum atomic E-state index is 12.3. The maximum Gasteiger partial charge on any atom is 0.244 e. The normalized spacial score (nSPS) is 23.4. The second-order valence-corrected chi connectivity index (χ2v) is 6.40. The topological polar surface area (TPSA) is 62.8 Å². The van der Waals surface area contributed by atoms with Crippen LogP contribution in [-0.4, -0.2) is 69.0 Å². The summed E-state index contributed by atoms with van der Waals surface area (Å²) >= 11 is 0. The van der Waals surface area contributed by atoms with E-state index in [1.54, 1.807) is 0 Å². The minimum atomic E-state index is -0.292. The zero-order valence-electron chi connectivity index (χ0n) is 15.1. The van der Waals surface area contributed by atoms with Crippen LogP contribution in [0.15, 0.2) is 24.3 Å². The third kappa shape index (κ3) is 6.68. The smallest absolute Gasteiger partial charge is 0.244 e. The monoisotopic (exact) mass is 405 g/mol. The Morgan fingerprint density at radius 1 is 1.19 bits per heavy atom. The van der Waals surface area contributed by atoms with Crippen molar-refractivity contribution in [2.75, 3.05) is 51.3 Å². The fraction of sp³-hybridized carbons (Fsp3) is 0.611. The van der Waals surface area contributed by atoms with Gasteiger partial charge in [-0.1, -0.05) is 12.1 Å². The minimum Gasteiger partial charge on any atom is -0.379 e. The van der Waals surface area contributed by atoms with Crippen molar-refractivity contribution in [1.82, 2.24) is 10.2 Å². The van der Waals surface area contributed by atoms with Crippen LogP contribution in [0.2, 0.25) is 0 Å². The first-order valence-corrected chi connectivity index (χ1v) is 8.77. The van der Waals surface area contributed by atoms with E-state index in [9.17, 15) is 4.79 Å². The number of benzene rings is 1. The number of amides is 1. The zero-order chi connectivity index (χ0) is 16.8. The Morgan fingerprint density at radius 3 is 2.54 bits per heavy atom. The largest absolute Gasteiger partial charge is 0.379 e. The zero-order valence-corrected chi connectivity index (χ0v) is 16.7. The highest BCUT2D eigenvalue weighted by atomic mass is 35.5. The second-order valence-electron chi connectivity index (χ2n) is 6.40. The van der Waals surface area contributed by atoms with Crippen LogP contribution in [0.25, 0.3) is 0 Å². The Kier molecular flexibility index (Phi) is 10.5. The predicted molar refractivity (Wildman–Crippen MR) is 108 cm³/mol. The average molecular weight is 406 g/mol. The van der Waals surface area contributed by atoms with Crippen molar-refractivity contribution >= 4 is 36.4 Å². The molecule has 2 saturated heterocycles. The molecule has 148 valence electrons. The van der Waals surface area contributed by atoms with Crippen LogP contribution in [-0.2, 0) is 20.7 Å². The SMILES string of the molecule is C[C@H]1OCCN[C@@H]1C(=O)Nc1ccc(CCN2CCOCC2)cc1.Cl.Cl. The van der Waals surface area contributed by atoms with E-state index in [0.717, 1.165) is 45.0 Å². The highest BCUT2D eigenvalue weighted by Gasteiger charge is 2.28. The fourth-order valence-corrected chi connectivity index (χ4v) is 3.11. The molecule has 1 aromatic carbocycles. The van der Waals surface area contributed by atoms with Crippen molar-refractivity contribution in [3.05, 3.63) is 29.8 Å². The molecule has 2 fully saturated rings. The maximum absolute atomic E-state index is 12.3. The van der Waals surface area contributed by atoms with Gasteiger partial charge in [-0.25, -0.2) is 0 Å². The Labute approximate surface area is 167 Å². The number of halogens is 2. The van der Waals surface area contributed by atoms with Crippen LogP contribution in [0.5, 0.6) is 0 Å². The molecule has 0 aromatic heterocycles. The van der Waals surface area contributed by atoms with E-state index in [1.807, 2.05) is 19.1 Å². The van der Waals surface area contributed by atoms with Crippen molar-refractivity contribution < 1.29 is 14.3 Å². The van der Waals surface area contributed by atoms with Crippen LogP contribution in [0.3, 0.4) is 0 Å². The van der Waals surface area contributed by atoms with Crippen LogP contribution >= 0.6 is 24.8 Å². The van der Waals surface area contributed by atoms with Gasteiger partial charge in [0.2, 0.25) is 5.91 Å². The van der Waals surface area contributed by atoms with Gasteiger partial charge in [-0.2, -0.15) is 0 Å². The molecule has 8 heteroatoms. The van der Waals surface area contributed by atoms with Gasteiger partial charge < -0.3 is 20.1 Å². The van der Waals surface area contributed by atoms with E-state index >= 15 is 0 Å². The summed E-state index contributed by atoms with van der Waals surface area (Å²) in [4.78, 5) is 14.7. The van der Waals surface area contributed by atoms with Gasteiger partial charge >= 0.3 is 0 Å². The van der Waals surface area contributed by atoms with Gasteiger partial charge in [0.15, 0.2) is 0 Å². The van der Waals surface area contributed by atoms with Crippen molar-refractivity contribution in [3.8, 4) is 0 Å². The Morgan fingerprint density at radius 2 is 1.88 bits per heavy atom. The van der Waals surface area contributed by atoms with Crippen molar-refractivity contribution in [1.29, 1.82) is 0 Å². The Balaban J connectivity index is 0.00000169. The number of carbonyl (C=O) groups excluding carboxylic acids is 1. The molecule has 0 spiro atoms. The number of morpholine rings is 2. The number of rotatable bonds is 5. The standard InChI is InChI=1S/C18H27N3O3.2ClH/c1-14-17(19-7-11-24-14)18(22)20-16-4-2-15(3-5-16)6-8-21-9-12-23-13-10-21;;/h2-5,14,17,19H,6-13H2,1H3,(H,20,22);2*1H/t14-,17+;;/m1../s1. The summed E-state index contributed by atoms with van der Waals surface area (Å²) in [7, 11) is 0. The van der Waals surface area contributed by atoms with E-state index < -0.39 is 0 Å². The van der Waals surface area contributed by atoms with E-state index in [4.69, 9.17) is 9.47 Å². The molecule has 1 amide bonds. The number of hydrogen-bond donors (Lipinski definition) is 2. The Hall–Kier alpha value is -0.890. The lowest BCUT2D eigenvalue weighted by atomic mass is 10.1. The summed E-state index contributed by atoms with van der Waals surface area (Å²) in [6.07, 6.45) is 0.912. The summed E-state index contributed by atoms with van der Waals surface area (Å²) < 4.78 is 10.9. The molecule has 2 atom stereocenters. The molecule has 3 rings (SSSR count). The van der Waals surface area contributed by atoms with Gasteiger partial charge in [0.1, 0.15) is 6.04 Å². The van der Waals surface area contributed by atoms with Gasteiger partial charge in [-0.3, -0.25) is 9.69 Å². The van der Waals surface area contributed by atoms with E-state index in [2.05, 4.69) is 27.7 Å². The van der Waals surface area contributed by atoms with Gasteiger partial charge in [0.05, 0.1) is 25.9 Å². The van der Waals surface area contributed by atoms with E-state index in [1.165, 1.54) is 5.56 Å². The van der Waals surface area contributed by atoms with Gasteiger partial charge in [-0.05, 0) is 31.0 Å². The minimum absolute atomic E-state index is 0. The first kappa shape index (κ1) is 23.1. The molecule has 2 aliphatic rings. The number of carbonyl (C=O) groups is 1. The first-order chi connectivity index (χ1) is 11.7. The van der Waals surface area contributed by atoms with Crippen molar-refractivity contribution in [2.24, 2.45) is 0 Å². The molecule has 0 saturated carbocycles. The first-order valence-electron chi connectivity index (χ1n) is 8.77. The lowest BCUT2D eigenvalue weighted by Crippen LogP contribution is -2.53. The lowest BCUT2D eigenvalue weighted by molar-refractivity contribution is -0.123. The molecular formula is C18H29Cl2N3O3. The number of ether oxygens (including phenoxy) is 2. The molecule has 0 unspecified atom stereocenters. The molecule has 0 aliphatic carbocycles. The molecular weight excluding hydrogens is 377 g/mol. The summed E-state index contributed by atoms with van der Waals surface area (Å²) in [6, 6.07) is 7.83. The molecule has 2 heterocycles. The van der Waals surface area contributed by atoms with Crippen LogP contribution in [0.1, 0.15) is 12.5 Å². The van der Waals surface area contributed by atoms with Crippen molar-refractivity contribution in [2.45, 2.75) is 25.5 Å². The second kappa shape index (κ2) is 11.7. The molecule has 2 N–H and O–H groups in total. The lowest BCUT2D eigenvalue weighted by Gasteiger charge is -2.29. The number of anilines is 1. The van der Waals surface area contributed by atoms with E-state index in [-0.39, 0.29) is 42.9 Å². The van der Waals surface area contributed by atoms with Crippen molar-refractivity contribution in [3.63, 3.8) is 0 Å². The third-order valence-electron chi connectivity index (χ3n) is 4.64. The molecule has 0 radical (unpaired) electrons. The average Bonchev–Trinajstić information content (AvgIpc) is 2.62. The molecule has 0 bridgehead atoms. The summed E-state index contributed by atoms with van der Waals surface area (Å²) in [6.45, 7) is 8.04. The number of hydrogen-bond acceptors (Lipinski definition) is 5. The molecule has 2 aliphatic heterocycles. The van der Waals surface area contributed by atoms with Crippen LogP contribution in [0, 0.1) is 0 Å². The Bertz CT molecular complexity index is 539. The highest BCUT2D eigenvalue weighted by Crippen LogP contribution is 2.13. The number of nitrogens with one attached hydrogen (secondary N) is 2. The third-order valence-corrected chi connectivity index (χ3v) is 4.64. The predicted octanol–water partition coefficient (Wildman–Crippen LogP) is 1.72. The quantitative estimate of drug-likeness (QED) is 0.780. The van der Waals surface area contributed by atoms with Gasteiger partial charge in [-0.15, -0.1) is 24.8 Å². The fourth-order valence-electron chi connectivity index (χ4n) is 3.11.